The maximum Gasteiger partial charge on any atom is 0.307 e. The van der Waals surface area contributed by atoms with Crippen molar-refractivity contribution in [3.63, 3.8) is 0 Å². The van der Waals surface area contributed by atoms with Crippen LogP contribution in [0.4, 0.5) is 4.39 Å². The highest BCUT2D eigenvalue weighted by molar-refractivity contribution is 5.80. The Bertz CT molecular complexity index is 1430. The summed E-state index contributed by atoms with van der Waals surface area (Å²) < 4.78 is 17.9. The van der Waals surface area contributed by atoms with Crippen molar-refractivity contribution in [1.82, 2.24) is 4.90 Å². The van der Waals surface area contributed by atoms with Crippen LogP contribution in [0.3, 0.4) is 0 Å². The molecule has 2 N–H and O–H groups in total. The largest absolute Gasteiger partial charge is 0.493 e. The number of ether oxygens (including phenoxy) is 1. The third-order valence-corrected chi connectivity index (χ3v) is 7.01. The molecular formula is C35H42FNO5. The molecule has 3 aromatic rings. The Labute approximate surface area is 248 Å². The van der Waals surface area contributed by atoms with Gasteiger partial charge >= 0.3 is 5.97 Å². The van der Waals surface area contributed by atoms with Gasteiger partial charge in [-0.3, -0.25) is 9.59 Å². The summed E-state index contributed by atoms with van der Waals surface area (Å²) in [6, 6.07) is 12.7. The maximum absolute atomic E-state index is 12.2. The van der Waals surface area contributed by atoms with Gasteiger partial charge in [0.15, 0.2) is 0 Å². The standard InChI is InChI=1S/C24H25NO4.C7H7F.C4H10O/c1-15-19(7-5-17-6-8-23-18(10-17)4-3-9-29-23)20(11-24(27)28)16(2)22-13-25(14-26)12-21(15)22;1-6-3-2-4-7(8)5-6;1-4(2,3)5/h5-8,10,14H,3-4,9,11-13H2,1-2H3,(H,27,28);2-5H,1H3;5H,1-3H3/b7-5+;;. The molecule has 0 aromatic heterocycles. The summed E-state index contributed by atoms with van der Waals surface area (Å²) in [5.41, 5.74) is 8.81. The number of amides is 1. The zero-order valence-corrected chi connectivity index (χ0v) is 25.5. The van der Waals surface area contributed by atoms with Gasteiger partial charge < -0.3 is 19.8 Å². The first-order valence-corrected chi connectivity index (χ1v) is 14.2. The molecule has 2 aliphatic rings. The quantitative estimate of drug-likeness (QED) is 0.258. The van der Waals surface area contributed by atoms with Gasteiger partial charge in [-0.05, 0) is 129 Å². The number of carbonyl (C=O) groups is 2. The summed E-state index contributed by atoms with van der Waals surface area (Å²) in [4.78, 5) is 24.5. The number of aliphatic hydroxyl groups is 1. The molecule has 6 nitrogen and oxygen atoms in total. The minimum Gasteiger partial charge on any atom is -0.493 e. The van der Waals surface area contributed by atoms with Crippen LogP contribution in [0.15, 0.2) is 42.5 Å². The molecule has 0 saturated carbocycles. The van der Waals surface area contributed by atoms with Crippen molar-refractivity contribution in [1.29, 1.82) is 0 Å². The first kappa shape index (κ1) is 32.5. The molecule has 5 rings (SSSR count). The number of carbonyl (C=O) groups excluding carboxylic acids is 1. The maximum atomic E-state index is 12.2. The van der Waals surface area contributed by atoms with E-state index in [1.54, 1.807) is 31.7 Å². The van der Waals surface area contributed by atoms with Gasteiger partial charge in [-0.25, -0.2) is 4.39 Å². The summed E-state index contributed by atoms with van der Waals surface area (Å²) in [5.74, 6) is -0.0539. The van der Waals surface area contributed by atoms with Gasteiger partial charge in [0.1, 0.15) is 11.6 Å². The second-order valence-electron chi connectivity index (χ2n) is 11.8. The van der Waals surface area contributed by atoms with Crippen molar-refractivity contribution in [2.45, 2.75) is 79.5 Å². The van der Waals surface area contributed by atoms with E-state index >= 15 is 0 Å². The Kier molecular flexibility index (Phi) is 11.1. The molecule has 224 valence electrons. The second kappa shape index (κ2) is 14.3. The first-order valence-electron chi connectivity index (χ1n) is 14.2. The van der Waals surface area contributed by atoms with Crippen molar-refractivity contribution in [3.05, 3.63) is 98.4 Å². The van der Waals surface area contributed by atoms with Crippen molar-refractivity contribution >= 4 is 24.5 Å². The highest BCUT2D eigenvalue weighted by Gasteiger charge is 2.26. The topological polar surface area (TPSA) is 87.1 Å². The van der Waals surface area contributed by atoms with Crippen molar-refractivity contribution < 1.29 is 28.9 Å². The van der Waals surface area contributed by atoms with Gasteiger partial charge in [-0.2, -0.15) is 0 Å². The lowest BCUT2D eigenvalue weighted by Crippen LogP contribution is -2.13. The molecule has 7 heteroatoms. The van der Waals surface area contributed by atoms with Gasteiger partial charge in [-0.1, -0.05) is 30.4 Å². The molecular weight excluding hydrogens is 533 g/mol. The number of rotatable bonds is 5. The van der Waals surface area contributed by atoms with Crippen LogP contribution in [0.1, 0.15) is 77.3 Å². The van der Waals surface area contributed by atoms with Gasteiger partial charge in [-0.15, -0.1) is 0 Å². The number of hydrogen-bond acceptors (Lipinski definition) is 4. The average molecular weight is 576 g/mol. The predicted molar refractivity (Wildman–Crippen MR) is 165 cm³/mol. The molecule has 3 aromatic carbocycles. The van der Waals surface area contributed by atoms with Crippen LogP contribution < -0.4 is 4.74 Å². The molecule has 0 unspecified atom stereocenters. The number of hydrogen-bond donors (Lipinski definition) is 2. The van der Waals surface area contributed by atoms with E-state index in [1.807, 2.05) is 51.1 Å². The molecule has 0 atom stereocenters. The summed E-state index contributed by atoms with van der Waals surface area (Å²) in [6.07, 6.45) is 6.94. The molecule has 2 heterocycles. The number of aliphatic carboxylic acids is 1. The highest BCUT2D eigenvalue weighted by Crippen LogP contribution is 2.35. The number of benzene rings is 3. The number of fused-ring (bicyclic) bond motifs is 2. The van der Waals surface area contributed by atoms with Crippen LogP contribution in [-0.4, -0.2) is 39.7 Å². The fourth-order valence-electron chi connectivity index (χ4n) is 5.06. The Hall–Kier alpha value is -3.97. The minimum atomic E-state index is -0.849. The summed E-state index contributed by atoms with van der Waals surface area (Å²) >= 11 is 0. The Balaban J connectivity index is 0.000000309. The zero-order valence-electron chi connectivity index (χ0n) is 25.5. The minimum absolute atomic E-state index is 0.0290. The van der Waals surface area contributed by atoms with Crippen LogP contribution in [0.25, 0.3) is 12.2 Å². The normalized spacial score (nSPS) is 13.7. The van der Waals surface area contributed by atoms with E-state index in [1.165, 1.54) is 17.7 Å². The molecule has 1 amide bonds. The fourth-order valence-corrected chi connectivity index (χ4v) is 5.06. The predicted octanol–water partition coefficient (Wildman–Crippen LogP) is 6.81. The van der Waals surface area contributed by atoms with E-state index in [0.717, 1.165) is 76.1 Å². The molecule has 0 fully saturated rings. The molecule has 2 aliphatic heterocycles. The molecule has 0 radical (unpaired) electrons. The third kappa shape index (κ3) is 9.28. The van der Waals surface area contributed by atoms with Gasteiger partial charge in [0.25, 0.3) is 0 Å². The Morgan fingerprint density at radius 3 is 2.26 bits per heavy atom. The first-order chi connectivity index (χ1) is 19.8. The van der Waals surface area contributed by atoms with Gasteiger partial charge in [0.2, 0.25) is 6.41 Å². The number of halogens is 1. The number of nitrogens with zero attached hydrogens (tertiary/aromatic N) is 1. The fraction of sp³-hybridized carbons (Fsp3) is 0.371. The average Bonchev–Trinajstić information content (AvgIpc) is 3.36. The SMILES string of the molecule is CC(C)(C)O.Cc1c(/C=C/c2ccc3c(c2)CCCO3)c(CC(=O)O)c(C)c2c1CN(C=O)C2.Cc1cccc(F)c1. The van der Waals surface area contributed by atoms with E-state index < -0.39 is 11.6 Å². The number of aryl methyl sites for hydroxylation is 2. The van der Waals surface area contributed by atoms with Crippen LogP contribution in [-0.2, 0) is 35.5 Å². The van der Waals surface area contributed by atoms with E-state index in [0.29, 0.717) is 13.1 Å². The van der Waals surface area contributed by atoms with Crippen LogP contribution >= 0.6 is 0 Å². The Morgan fingerprint density at radius 1 is 1.02 bits per heavy atom. The molecule has 0 aliphatic carbocycles. The van der Waals surface area contributed by atoms with E-state index in [2.05, 4.69) is 6.07 Å². The second-order valence-corrected chi connectivity index (χ2v) is 11.8. The highest BCUT2D eigenvalue weighted by atomic mass is 19.1. The zero-order chi connectivity index (χ0) is 31.0. The lowest BCUT2D eigenvalue weighted by molar-refractivity contribution is -0.136. The van der Waals surface area contributed by atoms with Crippen molar-refractivity contribution in [3.8, 4) is 5.75 Å². The van der Waals surface area contributed by atoms with E-state index in [9.17, 15) is 19.1 Å². The lowest BCUT2D eigenvalue weighted by atomic mass is 9.87. The van der Waals surface area contributed by atoms with Crippen LogP contribution in [0, 0.1) is 26.6 Å². The van der Waals surface area contributed by atoms with E-state index in [4.69, 9.17) is 9.84 Å². The summed E-state index contributed by atoms with van der Waals surface area (Å²) in [7, 11) is 0. The third-order valence-electron chi connectivity index (χ3n) is 7.01. The van der Waals surface area contributed by atoms with Crippen LogP contribution in [0.2, 0.25) is 0 Å². The molecule has 42 heavy (non-hydrogen) atoms. The summed E-state index contributed by atoms with van der Waals surface area (Å²) in [5, 5.41) is 18.0. The lowest BCUT2D eigenvalue weighted by Gasteiger charge is -2.18. The molecule has 0 bridgehead atoms. The van der Waals surface area contributed by atoms with E-state index in [-0.39, 0.29) is 12.2 Å². The van der Waals surface area contributed by atoms with Crippen molar-refractivity contribution in [2.75, 3.05) is 6.61 Å². The van der Waals surface area contributed by atoms with Gasteiger partial charge in [0.05, 0.1) is 18.6 Å². The number of carboxylic acid groups (broad SMARTS) is 1. The molecule has 0 spiro atoms. The van der Waals surface area contributed by atoms with Crippen LogP contribution in [0.5, 0.6) is 5.75 Å². The summed E-state index contributed by atoms with van der Waals surface area (Å²) in [6.45, 7) is 13.0. The van der Waals surface area contributed by atoms with Crippen molar-refractivity contribution in [2.24, 2.45) is 0 Å². The smallest absolute Gasteiger partial charge is 0.307 e. The monoisotopic (exact) mass is 575 g/mol. The molecule has 0 saturated heterocycles. The Morgan fingerprint density at radius 2 is 1.69 bits per heavy atom. The van der Waals surface area contributed by atoms with Gasteiger partial charge in [0, 0.05) is 13.1 Å². The number of carboxylic acids is 1.